The maximum Gasteiger partial charge on any atom is 0.287 e. The van der Waals surface area contributed by atoms with E-state index in [4.69, 9.17) is 0 Å². The number of nitrogens with zero attached hydrogens (tertiary/aromatic N) is 4. The molecule has 1 aliphatic heterocycles. The predicted octanol–water partition coefficient (Wildman–Crippen LogP) is 2.92. The third-order valence-electron chi connectivity index (χ3n) is 5.37. The van der Waals surface area contributed by atoms with Gasteiger partial charge < -0.3 is 9.80 Å². The van der Waals surface area contributed by atoms with Gasteiger partial charge in [0, 0.05) is 38.7 Å². The van der Waals surface area contributed by atoms with Crippen LogP contribution < -0.4 is 4.90 Å². The van der Waals surface area contributed by atoms with Crippen LogP contribution in [0.15, 0.2) is 12.3 Å². The van der Waals surface area contributed by atoms with Gasteiger partial charge in [-0.15, -0.1) is 0 Å². The Morgan fingerprint density at radius 3 is 2.52 bits per heavy atom. The van der Waals surface area contributed by atoms with Crippen molar-refractivity contribution >= 4 is 17.4 Å². The van der Waals surface area contributed by atoms with Crippen molar-refractivity contribution in [3.8, 4) is 0 Å². The summed E-state index contributed by atoms with van der Waals surface area (Å²) >= 11 is 0. The summed E-state index contributed by atoms with van der Waals surface area (Å²) in [5.41, 5.74) is 0.818. The van der Waals surface area contributed by atoms with E-state index < -0.39 is 4.92 Å². The molecule has 2 aliphatic rings. The Balaban J connectivity index is 1.54. The lowest BCUT2D eigenvalue weighted by Gasteiger charge is -2.36. The standard InChI is InChI=1S/C18H26N4O3/c1-14-11-16(22(24)25)13-19-18(14)21-9-7-20(8-10-21)17(23)12-15-5-3-2-4-6-15/h11,13,15H,2-10,12H2,1H3. The molecular formula is C18H26N4O3. The van der Waals surface area contributed by atoms with E-state index in [0.717, 1.165) is 24.5 Å². The van der Waals surface area contributed by atoms with Crippen LogP contribution in [-0.4, -0.2) is 46.9 Å². The second-order valence-corrected chi connectivity index (χ2v) is 7.17. The van der Waals surface area contributed by atoms with E-state index in [-0.39, 0.29) is 11.6 Å². The number of rotatable bonds is 4. The number of anilines is 1. The molecule has 0 N–H and O–H groups in total. The Labute approximate surface area is 148 Å². The average Bonchev–Trinajstić information content (AvgIpc) is 2.62. The van der Waals surface area contributed by atoms with E-state index in [1.54, 1.807) is 6.07 Å². The van der Waals surface area contributed by atoms with Gasteiger partial charge in [0.15, 0.2) is 0 Å². The first kappa shape index (κ1) is 17.6. The highest BCUT2D eigenvalue weighted by molar-refractivity contribution is 5.76. The van der Waals surface area contributed by atoms with Gasteiger partial charge >= 0.3 is 0 Å². The van der Waals surface area contributed by atoms with E-state index in [9.17, 15) is 14.9 Å². The second kappa shape index (κ2) is 7.80. The van der Waals surface area contributed by atoms with Crippen molar-refractivity contribution in [1.82, 2.24) is 9.88 Å². The fraction of sp³-hybridized carbons (Fsp3) is 0.667. The molecule has 0 spiro atoms. The molecule has 1 saturated carbocycles. The molecule has 1 aliphatic carbocycles. The number of aryl methyl sites for hydroxylation is 1. The topological polar surface area (TPSA) is 79.6 Å². The summed E-state index contributed by atoms with van der Waals surface area (Å²) in [4.78, 5) is 31.3. The zero-order valence-corrected chi connectivity index (χ0v) is 14.8. The molecule has 1 saturated heterocycles. The van der Waals surface area contributed by atoms with Crippen LogP contribution in [0.3, 0.4) is 0 Å². The molecule has 0 radical (unpaired) electrons. The first-order chi connectivity index (χ1) is 12.0. The maximum atomic E-state index is 12.5. The maximum absolute atomic E-state index is 12.5. The molecule has 3 rings (SSSR count). The highest BCUT2D eigenvalue weighted by Crippen LogP contribution is 2.27. The number of carbonyl (C=O) groups is 1. The molecule has 0 unspecified atom stereocenters. The van der Waals surface area contributed by atoms with Crippen molar-refractivity contribution in [1.29, 1.82) is 0 Å². The Bertz CT molecular complexity index is 635. The van der Waals surface area contributed by atoms with Crippen LogP contribution in [0.4, 0.5) is 11.5 Å². The van der Waals surface area contributed by atoms with Gasteiger partial charge in [0.2, 0.25) is 5.91 Å². The number of nitro groups is 1. The normalized spacial score (nSPS) is 19.1. The van der Waals surface area contributed by atoms with Crippen LogP contribution in [0, 0.1) is 23.0 Å². The fourth-order valence-corrected chi connectivity index (χ4v) is 3.92. The quantitative estimate of drug-likeness (QED) is 0.618. The second-order valence-electron chi connectivity index (χ2n) is 7.17. The summed E-state index contributed by atoms with van der Waals surface area (Å²) in [7, 11) is 0. The lowest BCUT2D eigenvalue weighted by molar-refractivity contribution is -0.385. The molecule has 1 aromatic rings. The number of carbonyl (C=O) groups excluding carboxylic acids is 1. The number of pyridine rings is 1. The highest BCUT2D eigenvalue weighted by atomic mass is 16.6. The Morgan fingerprint density at radius 1 is 1.24 bits per heavy atom. The van der Waals surface area contributed by atoms with Gasteiger partial charge in [0.25, 0.3) is 5.69 Å². The lowest BCUT2D eigenvalue weighted by Crippen LogP contribution is -2.49. The van der Waals surface area contributed by atoms with Gasteiger partial charge in [-0.3, -0.25) is 14.9 Å². The number of amides is 1. The van der Waals surface area contributed by atoms with Crippen LogP contribution in [-0.2, 0) is 4.79 Å². The van der Waals surface area contributed by atoms with Crippen LogP contribution in [0.2, 0.25) is 0 Å². The zero-order valence-electron chi connectivity index (χ0n) is 14.8. The summed E-state index contributed by atoms with van der Waals surface area (Å²) < 4.78 is 0. The van der Waals surface area contributed by atoms with Crippen LogP contribution in [0.1, 0.15) is 44.1 Å². The van der Waals surface area contributed by atoms with Crippen LogP contribution in [0.25, 0.3) is 0 Å². The zero-order chi connectivity index (χ0) is 17.8. The smallest absolute Gasteiger partial charge is 0.287 e. The summed E-state index contributed by atoms with van der Waals surface area (Å²) in [6, 6.07) is 1.56. The Morgan fingerprint density at radius 2 is 1.92 bits per heavy atom. The number of piperazine rings is 1. The third kappa shape index (κ3) is 4.27. The number of hydrogen-bond donors (Lipinski definition) is 0. The number of hydrogen-bond acceptors (Lipinski definition) is 5. The molecule has 2 fully saturated rings. The van der Waals surface area contributed by atoms with E-state index in [1.807, 2.05) is 11.8 Å². The minimum absolute atomic E-state index is 0.0162. The summed E-state index contributed by atoms with van der Waals surface area (Å²) in [6.45, 7) is 4.69. The molecule has 7 heteroatoms. The molecule has 2 heterocycles. The number of aromatic nitrogens is 1. The molecular weight excluding hydrogens is 320 g/mol. The van der Waals surface area contributed by atoms with Crippen molar-refractivity contribution in [2.45, 2.75) is 45.4 Å². The fourth-order valence-electron chi connectivity index (χ4n) is 3.92. The monoisotopic (exact) mass is 346 g/mol. The van der Waals surface area contributed by atoms with Crippen molar-refractivity contribution < 1.29 is 9.72 Å². The van der Waals surface area contributed by atoms with Gasteiger partial charge in [-0.05, 0) is 31.2 Å². The molecule has 25 heavy (non-hydrogen) atoms. The summed E-state index contributed by atoms with van der Waals surface area (Å²) in [5.74, 6) is 1.63. The van der Waals surface area contributed by atoms with Crippen molar-refractivity contribution in [2.24, 2.45) is 5.92 Å². The molecule has 1 amide bonds. The minimum Gasteiger partial charge on any atom is -0.353 e. The van der Waals surface area contributed by atoms with E-state index in [1.165, 1.54) is 38.3 Å². The van der Waals surface area contributed by atoms with Crippen LogP contribution in [0.5, 0.6) is 0 Å². The largest absolute Gasteiger partial charge is 0.353 e. The predicted molar refractivity (Wildman–Crippen MR) is 95.6 cm³/mol. The van der Waals surface area contributed by atoms with Gasteiger partial charge in [-0.2, -0.15) is 0 Å². The van der Waals surface area contributed by atoms with Crippen molar-refractivity contribution in [3.63, 3.8) is 0 Å². The Hall–Kier alpha value is -2.18. The molecule has 0 bridgehead atoms. The molecule has 7 nitrogen and oxygen atoms in total. The van der Waals surface area contributed by atoms with E-state index >= 15 is 0 Å². The summed E-state index contributed by atoms with van der Waals surface area (Å²) in [5, 5.41) is 10.8. The van der Waals surface area contributed by atoms with Crippen molar-refractivity contribution in [3.05, 3.63) is 27.9 Å². The van der Waals surface area contributed by atoms with E-state index in [0.29, 0.717) is 25.4 Å². The van der Waals surface area contributed by atoms with Gasteiger partial charge in [0.1, 0.15) is 12.0 Å². The first-order valence-corrected chi connectivity index (χ1v) is 9.18. The average molecular weight is 346 g/mol. The molecule has 136 valence electrons. The lowest BCUT2D eigenvalue weighted by atomic mass is 9.86. The van der Waals surface area contributed by atoms with Crippen molar-refractivity contribution in [2.75, 3.05) is 31.1 Å². The summed E-state index contributed by atoms with van der Waals surface area (Å²) in [6.07, 6.45) is 8.21. The van der Waals surface area contributed by atoms with Crippen LogP contribution >= 0.6 is 0 Å². The van der Waals surface area contributed by atoms with Gasteiger partial charge in [-0.1, -0.05) is 19.3 Å². The van der Waals surface area contributed by atoms with Gasteiger partial charge in [-0.25, -0.2) is 4.98 Å². The minimum atomic E-state index is -0.425. The highest BCUT2D eigenvalue weighted by Gasteiger charge is 2.26. The SMILES string of the molecule is Cc1cc([N+](=O)[O-])cnc1N1CCN(C(=O)CC2CCCCC2)CC1. The molecule has 1 aromatic heterocycles. The van der Waals surface area contributed by atoms with Gasteiger partial charge in [0.05, 0.1) is 4.92 Å². The van der Waals surface area contributed by atoms with E-state index in [2.05, 4.69) is 9.88 Å². The molecule has 0 aromatic carbocycles. The third-order valence-corrected chi connectivity index (χ3v) is 5.37. The Kier molecular flexibility index (Phi) is 5.50. The first-order valence-electron chi connectivity index (χ1n) is 9.18. The molecule has 0 atom stereocenters.